The summed E-state index contributed by atoms with van der Waals surface area (Å²) in [7, 11) is 3.60. The minimum atomic E-state index is -2.93. The lowest BCUT2D eigenvalue weighted by molar-refractivity contribution is 0.236. The monoisotopic (exact) mass is 213 g/mol. The molecular weight excluding hydrogens is 197 g/mol. The molecule has 0 spiro atoms. The first kappa shape index (κ1) is 12.5. The molecule has 0 saturated heterocycles. The molecule has 0 bridgehead atoms. The average molecular weight is 213 g/mol. The summed E-state index contributed by atoms with van der Waals surface area (Å²) in [5.74, 6) is 0. The van der Waals surface area contributed by atoms with Crippen molar-refractivity contribution in [1.82, 2.24) is 4.31 Å². The largest absolute Gasteiger partial charge is 0.404 e. The van der Waals surface area contributed by atoms with Gasteiger partial charge in [0.2, 0.25) is 0 Å². The normalized spacial score (nSPS) is 12.4. The molecule has 0 aliphatic rings. The lowest BCUT2D eigenvalue weighted by atomic mass is 10.9. The van der Waals surface area contributed by atoms with E-state index >= 15 is 0 Å². The Morgan fingerprint density at radius 2 is 1.67 bits per heavy atom. The van der Waals surface area contributed by atoms with Crippen molar-refractivity contribution in [2.45, 2.75) is 13.8 Å². The van der Waals surface area contributed by atoms with Crippen molar-refractivity contribution in [1.29, 1.82) is 0 Å². The molecule has 0 fully saturated rings. The van der Waals surface area contributed by atoms with Gasteiger partial charge in [-0.15, -0.1) is 0 Å². The van der Waals surface area contributed by atoms with Crippen LogP contribution in [0.3, 0.4) is 0 Å². The molecule has 0 heterocycles. The van der Waals surface area contributed by atoms with E-state index in [1.807, 2.05) is 0 Å². The van der Waals surface area contributed by atoms with Gasteiger partial charge in [0.1, 0.15) is 0 Å². The topological polar surface area (TPSA) is 38.8 Å². The van der Waals surface area contributed by atoms with Crippen molar-refractivity contribution in [3.05, 3.63) is 0 Å². The van der Waals surface area contributed by atoms with E-state index in [9.17, 15) is 4.57 Å². The van der Waals surface area contributed by atoms with Gasteiger partial charge in [0.05, 0.1) is 13.2 Å². The van der Waals surface area contributed by atoms with E-state index in [2.05, 4.69) is 0 Å². The third kappa shape index (κ3) is 5.17. The highest BCUT2D eigenvalue weighted by Gasteiger charge is 2.25. The fourth-order valence-corrected chi connectivity index (χ4v) is 3.92. The van der Waals surface area contributed by atoms with Gasteiger partial charge in [-0.3, -0.25) is 0 Å². The van der Waals surface area contributed by atoms with Crippen molar-refractivity contribution in [3.63, 3.8) is 0 Å². The summed E-state index contributed by atoms with van der Waals surface area (Å²) in [4.78, 5) is 0. The Morgan fingerprint density at radius 3 is 1.92 bits per heavy atom. The minimum Gasteiger partial charge on any atom is -0.300 e. The molecule has 12 heavy (non-hydrogen) atoms. The standard InChI is InChI=1S/C6H16NO3PS/c1-5-9-11(8,10-6-2)12-7(3)4/h5-6H2,1-4H3. The zero-order valence-corrected chi connectivity index (χ0v) is 9.65. The molecule has 0 aromatic heterocycles. The van der Waals surface area contributed by atoms with Crippen molar-refractivity contribution in [2.75, 3.05) is 27.3 Å². The summed E-state index contributed by atoms with van der Waals surface area (Å²) < 4.78 is 23.5. The molecule has 0 amide bonds. The summed E-state index contributed by atoms with van der Waals surface area (Å²) in [5.41, 5.74) is 0. The van der Waals surface area contributed by atoms with E-state index in [4.69, 9.17) is 9.05 Å². The van der Waals surface area contributed by atoms with Gasteiger partial charge < -0.3 is 9.05 Å². The van der Waals surface area contributed by atoms with Crippen LogP contribution in [0, 0.1) is 0 Å². The van der Waals surface area contributed by atoms with Crippen molar-refractivity contribution in [2.24, 2.45) is 0 Å². The Bertz CT molecular complexity index is 155. The van der Waals surface area contributed by atoms with Crippen LogP contribution >= 0.6 is 18.4 Å². The van der Waals surface area contributed by atoms with Gasteiger partial charge >= 0.3 is 6.80 Å². The van der Waals surface area contributed by atoms with Crippen LogP contribution in [0.2, 0.25) is 0 Å². The number of rotatable bonds is 6. The lowest BCUT2D eigenvalue weighted by Crippen LogP contribution is -2.02. The lowest BCUT2D eigenvalue weighted by Gasteiger charge is -2.18. The van der Waals surface area contributed by atoms with Crippen molar-refractivity contribution >= 4 is 18.4 Å². The molecule has 0 aromatic carbocycles. The first-order valence-electron chi connectivity index (χ1n) is 3.80. The maximum atomic E-state index is 11.7. The summed E-state index contributed by atoms with van der Waals surface area (Å²) in [6.07, 6.45) is 0. The van der Waals surface area contributed by atoms with Gasteiger partial charge in [0.25, 0.3) is 0 Å². The van der Waals surface area contributed by atoms with Gasteiger partial charge in [-0.1, -0.05) is 0 Å². The Kier molecular flexibility index (Phi) is 6.23. The summed E-state index contributed by atoms with van der Waals surface area (Å²) in [5, 5.41) is 0. The summed E-state index contributed by atoms with van der Waals surface area (Å²) in [6.45, 7) is 1.46. The molecule has 0 unspecified atom stereocenters. The summed E-state index contributed by atoms with van der Waals surface area (Å²) in [6, 6.07) is 0. The molecule has 0 atom stereocenters. The summed E-state index contributed by atoms with van der Waals surface area (Å²) >= 11 is 1.10. The van der Waals surface area contributed by atoms with Gasteiger partial charge in [-0.05, 0) is 27.9 Å². The third-order valence-corrected chi connectivity index (χ3v) is 4.73. The Balaban J connectivity index is 4.08. The number of hydrogen-bond acceptors (Lipinski definition) is 5. The quantitative estimate of drug-likeness (QED) is 0.500. The molecule has 0 saturated carbocycles. The predicted octanol–water partition coefficient (Wildman–Crippen LogP) is 2.38. The molecule has 6 heteroatoms. The van der Waals surface area contributed by atoms with Gasteiger partial charge in [-0.2, -0.15) is 0 Å². The molecule has 0 aliphatic heterocycles. The molecule has 0 rings (SSSR count). The van der Waals surface area contributed by atoms with Crippen molar-refractivity contribution in [3.8, 4) is 0 Å². The second-order valence-corrected chi connectivity index (χ2v) is 6.31. The van der Waals surface area contributed by atoms with E-state index in [1.165, 1.54) is 0 Å². The molecule has 0 aromatic rings. The highest BCUT2D eigenvalue weighted by atomic mass is 32.7. The van der Waals surface area contributed by atoms with Crippen LogP contribution in [0.5, 0.6) is 0 Å². The zero-order chi connectivity index (χ0) is 9.61. The second-order valence-electron chi connectivity index (χ2n) is 2.18. The highest BCUT2D eigenvalue weighted by Crippen LogP contribution is 2.60. The van der Waals surface area contributed by atoms with Crippen LogP contribution in [0.15, 0.2) is 0 Å². The van der Waals surface area contributed by atoms with Crippen LogP contribution in [0.4, 0.5) is 0 Å². The molecule has 0 radical (unpaired) electrons. The van der Waals surface area contributed by atoms with Crippen LogP contribution in [0.1, 0.15) is 13.8 Å². The van der Waals surface area contributed by atoms with Crippen LogP contribution in [-0.4, -0.2) is 31.6 Å². The fraction of sp³-hybridized carbons (Fsp3) is 1.00. The van der Waals surface area contributed by atoms with Crippen LogP contribution in [-0.2, 0) is 13.6 Å². The third-order valence-electron chi connectivity index (χ3n) is 0.838. The zero-order valence-electron chi connectivity index (χ0n) is 7.94. The first-order chi connectivity index (χ1) is 5.54. The van der Waals surface area contributed by atoms with Gasteiger partial charge in [0.15, 0.2) is 0 Å². The van der Waals surface area contributed by atoms with Crippen LogP contribution in [0.25, 0.3) is 0 Å². The smallest absolute Gasteiger partial charge is 0.300 e. The van der Waals surface area contributed by atoms with E-state index in [-0.39, 0.29) is 0 Å². The average Bonchev–Trinajstić information content (AvgIpc) is 1.85. The Labute approximate surface area is 78.0 Å². The van der Waals surface area contributed by atoms with E-state index in [0.29, 0.717) is 13.2 Å². The Morgan fingerprint density at radius 1 is 1.25 bits per heavy atom. The van der Waals surface area contributed by atoms with E-state index in [0.717, 1.165) is 11.6 Å². The molecule has 0 aliphatic carbocycles. The molecule has 0 N–H and O–H groups in total. The highest BCUT2D eigenvalue weighted by molar-refractivity contribution is 8.53. The maximum absolute atomic E-state index is 11.7. The molecule has 4 nitrogen and oxygen atoms in total. The molecular formula is C6H16NO3PS. The van der Waals surface area contributed by atoms with Crippen LogP contribution < -0.4 is 0 Å². The predicted molar refractivity (Wildman–Crippen MR) is 52.1 cm³/mol. The maximum Gasteiger partial charge on any atom is 0.404 e. The second kappa shape index (κ2) is 6.00. The fourth-order valence-electron chi connectivity index (χ4n) is 0.601. The first-order valence-corrected chi connectivity index (χ1v) is 6.72. The van der Waals surface area contributed by atoms with Crippen molar-refractivity contribution < 1.29 is 13.6 Å². The molecule has 74 valence electrons. The van der Waals surface area contributed by atoms with Gasteiger partial charge in [0, 0.05) is 11.6 Å². The Hall–Kier alpha value is 0.460. The van der Waals surface area contributed by atoms with Gasteiger partial charge in [-0.25, -0.2) is 8.87 Å². The van der Waals surface area contributed by atoms with E-state index < -0.39 is 6.80 Å². The van der Waals surface area contributed by atoms with E-state index in [1.54, 1.807) is 32.2 Å². The minimum absolute atomic E-state index is 0.401. The number of nitrogens with zero attached hydrogens (tertiary/aromatic N) is 1. The number of hydrogen-bond donors (Lipinski definition) is 0. The SMILES string of the molecule is CCOP(=O)(OCC)SN(C)C.